The number of carbonyl (C=O) groups is 1. The van der Waals surface area contributed by atoms with E-state index in [1.54, 1.807) is 16.7 Å². The maximum atomic E-state index is 13.1. The van der Waals surface area contributed by atoms with E-state index in [1.807, 2.05) is 38.1 Å². The molecule has 2 fully saturated rings. The van der Waals surface area contributed by atoms with Gasteiger partial charge in [0.25, 0.3) is 5.91 Å². The highest BCUT2D eigenvalue weighted by atomic mass is 32.2. The number of thioether (sulfide) groups is 1. The van der Waals surface area contributed by atoms with Crippen molar-refractivity contribution in [3.63, 3.8) is 0 Å². The Morgan fingerprint density at radius 3 is 2.96 bits per heavy atom. The lowest BCUT2D eigenvalue weighted by atomic mass is 9.97. The first-order chi connectivity index (χ1) is 11.5. The summed E-state index contributed by atoms with van der Waals surface area (Å²) in [7, 11) is 0. The monoisotopic (exact) mass is 351 g/mol. The van der Waals surface area contributed by atoms with Gasteiger partial charge in [0.15, 0.2) is 5.79 Å². The Kier molecular flexibility index (Phi) is 5.49. The molecule has 1 amide bonds. The SMILES string of the molecule is CC1(C)OCCC(c2ccccc2C(=O)N2CCSC[C@H]2CO)O1. The molecule has 5 nitrogen and oxygen atoms in total. The van der Waals surface area contributed by atoms with E-state index in [-0.39, 0.29) is 24.7 Å². The average Bonchev–Trinajstić information content (AvgIpc) is 2.60. The largest absolute Gasteiger partial charge is 0.394 e. The number of ether oxygens (including phenoxy) is 2. The van der Waals surface area contributed by atoms with Crippen LogP contribution in [0.15, 0.2) is 24.3 Å². The molecule has 0 spiro atoms. The number of carbonyl (C=O) groups excluding carboxylic acids is 1. The predicted molar refractivity (Wildman–Crippen MR) is 94.2 cm³/mol. The first-order valence-electron chi connectivity index (χ1n) is 8.42. The van der Waals surface area contributed by atoms with E-state index in [0.29, 0.717) is 18.7 Å². The van der Waals surface area contributed by atoms with Gasteiger partial charge in [0.1, 0.15) is 0 Å². The second kappa shape index (κ2) is 7.44. The summed E-state index contributed by atoms with van der Waals surface area (Å²) in [5.41, 5.74) is 1.58. The molecular formula is C18H25NO4S. The molecule has 0 aromatic heterocycles. The van der Waals surface area contributed by atoms with Crippen LogP contribution in [-0.4, -0.2) is 59.0 Å². The van der Waals surface area contributed by atoms with Gasteiger partial charge in [0.05, 0.1) is 25.4 Å². The molecule has 132 valence electrons. The van der Waals surface area contributed by atoms with Gasteiger partial charge in [-0.15, -0.1) is 0 Å². The van der Waals surface area contributed by atoms with Gasteiger partial charge in [-0.25, -0.2) is 0 Å². The van der Waals surface area contributed by atoms with E-state index in [9.17, 15) is 9.90 Å². The van der Waals surface area contributed by atoms with E-state index >= 15 is 0 Å². The van der Waals surface area contributed by atoms with E-state index in [1.165, 1.54) is 0 Å². The Labute approximate surface area is 147 Å². The third kappa shape index (κ3) is 3.77. The Hall–Kier alpha value is -1.08. The van der Waals surface area contributed by atoms with Gasteiger partial charge in [0, 0.05) is 30.0 Å². The maximum absolute atomic E-state index is 13.1. The number of nitrogens with zero attached hydrogens (tertiary/aromatic N) is 1. The molecule has 1 N–H and O–H groups in total. The minimum atomic E-state index is -0.644. The molecule has 6 heteroatoms. The second-order valence-corrected chi connectivity index (χ2v) is 7.79. The van der Waals surface area contributed by atoms with Crippen molar-refractivity contribution in [2.75, 3.05) is 31.3 Å². The number of rotatable bonds is 3. The van der Waals surface area contributed by atoms with Gasteiger partial charge in [-0.05, 0) is 25.5 Å². The van der Waals surface area contributed by atoms with Crippen molar-refractivity contribution in [1.29, 1.82) is 0 Å². The Morgan fingerprint density at radius 2 is 2.21 bits per heavy atom. The molecular weight excluding hydrogens is 326 g/mol. The van der Waals surface area contributed by atoms with Gasteiger partial charge in [-0.2, -0.15) is 11.8 Å². The summed E-state index contributed by atoms with van der Waals surface area (Å²) in [6, 6.07) is 7.53. The number of hydrogen-bond acceptors (Lipinski definition) is 5. The average molecular weight is 351 g/mol. The number of hydrogen-bond donors (Lipinski definition) is 1. The van der Waals surface area contributed by atoms with E-state index in [4.69, 9.17) is 9.47 Å². The molecule has 2 atom stereocenters. The van der Waals surface area contributed by atoms with Crippen molar-refractivity contribution in [2.45, 2.75) is 38.2 Å². The zero-order valence-electron chi connectivity index (χ0n) is 14.2. The van der Waals surface area contributed by atoms with Gasteiger partial charge < -0.3 is 19.5 Å². The zero-order chi connectivity index (χ0) is 17.2. The summed E-state index contributed by atoms with van der Waals surface area (Å²) >= 11 is 1.78. The van der Waals surface area contributed by atoms with Gasteiger partial charge in [-0.3, -0.25) is 4.79 Å². The summed E-state index contributed by atoms with van der Waals surface area (Å²) in [5, 5.41) is 9.60. The van der Waals surface area contributed by atoms with Crippen LogP contribution in [0.2, 0.25) is 0 Å². The van der Waals surface area contributed by atoms with Crippen molar-refractivity contribution in [3.8, 4) is 0 Å². The van der Waals surface area contributed by atoms with Crippen molar-refractivity contribution < 1.29 is 19.4 Å². The van der Waals surface area contributed by atoms with E-state index < -0.39 is 5.79 Å². The summed E-state index contributed by atoms with van der Waals surface area (Å²) in [5.74, 6) is 1.03. The highest BCUT2D eigenvalue weighted by Crippen LogP contribution is 2.35. The first-order valence-corrected chi connectivity index (χ1v) is 9.57. The van der Waals surface area contributed by atoms with Crippen LogP contribution in [-0.2, 0) is 9.47 Å². The highest BCUT2D eigenvalue weighted by Gasteiger charge is 2.34. The Bertz CT molecular complexity index is 592. The summed E-state index contributed by atoms with van der Waals surface area (Å²) < 4.78 is 11.7. The number of benzene rings is 1. The minimum absolute atomic E-state index is 0.00169. The van der Waals surface area contributed by atoms with Crippen molar-refractivity contribution in [1.82, 2.24) is 4.90 Å². The number of aliphatic hydroxyl groups is 1. The van der Waals surface area contributed by atoms with Crippen molar-refractivity contribution in [2.24, 2.45) is 0 Å². The topological polar surface area (TPSA) is 59.0 Å². The molecule has 1 unspecified atom stereocenters. The Morgan fingerprint density at radius 1 is 1.42 bits per heavy atom. The van der Waals surface area contributed by atoms with Crippen molar-refractivity contribution >= 4 is 17.7 Å². The third-order valence-electron chi connectivity index (χ3n) is 4.49. The van der Waals surface area contributed by atoms with Crippen molar-refractivity contribution in [3.05, 3.63) is 35.4 Å². The maximum Gasteiger partial charge on any atom is 0.254 e. The van der Waals surface area contributed by atoms with Crippen LogP contribution in [0.4, 0.5) is 0 Å². The molecule has 2 aliphatic heterocycles. The van der Waals surface area contributed by atoms with Crippen LogP contribution in [0.1, 0.15) is 42.3 Å². The molecule has 0 bridgehead atoms. The first kappa shape index (κ1) is 17.7. The summed E-state index contributed by atoms with van der Waals surface area (Å²) in [4.78, 5) is 14.9. The molecule has 0 aliphatic carbocycles. The van der Waals surface area contributed by atoms with Gasteiger partial charge in [0.2, 0.25) is 0 Å². The standard InChI is InChI=1S/C18H25NO4S/c1-18(2)22-9-7-16(23-18)14-5-3-4-6-15(14)17(21)19-8-10-24-12-13(19)11-20/h3-6,13,16,20H,7-12H2,1-2H3/t13-,16?/m1/s1. The summed E-state index contributed by atoms with van der Waals surface area (Å²) in [6.45, 7) is 5.07. The van der Waals surface area contributed by atoms with Crippen LogP contribution in [0.25, 0.3) is 0 Å². The third-order valence-corrected chi connectivity index (χ3v) is 5.58. The molecule has 1 aromatic carbocycles. The number of amides is 1. The van der Waals surface area contributed by atoms with E-state index in [2.05, 4.69) is 0 Å². The molecule has 1 aromatic rings. The zero-order valence-corrected chi connectivity index (χ0v) is 15.1. The van der Waals surface area contributed by atoms with E-state index in [0.717, 1.165) is 23.5 Å². The van der Waals surface area contributed by atoms with Crippen LogP contribution in [0, 0.1) is 0 Å². The predicted octanol–water partition coefficient (Wildman–Crippen LogP) is 2.45. The summed E-state index contributed by atoms with van der Waals surface area (Å²) in [6.07, 6.45) is 0.577. The lowest BCUT2D eigenvalue weighted by molar-refractivity contribution is -0.275. The van der Waals surface area contributed by atoms with Gasteiger partial charge in [-0.1, -0.05) is 18.2 Å². The fourth-order valence-electron chi connectivity index (χ4n) is 3.27. The fraction of sp³-hybridized carbons (Fsp3) is 0.611. The van der Waals surface area contributed by atoms with Crippen LogP contribution in [0.3, 0.4) is 0 Å². The lowest BCUT2D eigenvalue weighted by Crippen LogP contribution is -2.48. The Balaban J connectivity index is 1.87. The lowest BCUT2D eigenvalue weighted by Gasteiger charge is -2.38. The molecule has 2 saturated heterocycles. The molecule has 0 saturated carbocycles. The molecule has 2 aliphatic rings. The van der Waals surface area contributed by atoms with Gasteiger partial charge >= 0.3 is 0 Å². The molecule has 3 rings (SSSR count). The molecule has 2 heterocycles. The normalized spacial score (nSPS) is 27.0. The van der Waals surface area contributed by atoms with Crippen LogP contribution >= 0.6 is 11.8 Å². The smallest absolute Gasteiger partial charge is 0.254 e. The van der Waals surface area contributed by atoms with Crippen LogP contribution in [0.5, 0.6) is 0 Å². The minimum Gasteiger partial charge on any atom is -0.394 e. The number of aliphatic hydroxyl groups excluding tert-OH is 1. The molecule has 24 heavy (non-hydrogen) atoms. The van der Waals surface area contributed by atoms with Crippen LogP contribution < -0.4 is 0 Å². The molecule has 0 radical (unpaired) electrons. The highest BCUT2D eigenvalue weighted by molar-refractivity contribution is 7.99. The second-order valence-electron chi connectivity index (χ2n) is 6.64. The fourth-order valence-corrected chi connectivity index (χ4v) is 4.32. The quantitative estimate of drug-likeness (QED) is 0.906.